The number of benzene rings is 2. The molecular weight excluding hydrogens is 352 g/mol. The number of fused-ring (bicyclic) bond motifs is 1. The third-order valence-corrected chi connectivity index (χ3v) is 5.32. The molecule has 136 valence electrons. The Morgan fingerprint density at radius 2 is 1.85 bits per heavy atom. The van der Waals surface area contributed by atoms with E-state index in [2.05, 4.69) is 20.2 Å². The number of para-hydroxylation sites is 1. The predicted octanol–water partition coefficient (Wildman–Crippen LogP) is 2.89. The molecule has 1 heterocycles. The number of amides is 1. The molecule has 0 unspecified atom stereocenters. The summed E-state index contributed by atoms with van der Waals surface area (Å²) in [6.07, 6.45) is 1.64. The second-order valence-corrected chi connectivity index (χ2v) is 8.66. The number of anilines is 1. The van der Waals surface area contributed by atoms with Gasteiger partial charge in [-0.1, -0.05) is 18.2 Å². The lowest BCUT2D eigenvalue weighted by molar-refractivity contribution is 0.102. The second-order valence-electron chi connectivity index (χ2n) is 6.98. The van der Waals surface area contributed by atoms with Crippen molar-refractivity contribution in [3.05, 3.63) is 54.2 Å². The summed E-state index contributed by atoms with van der Waals surface area (Å²) in [5.41, 5.74) is 0.849. The monoisotopic (exact) mass is 372 g/mol. The van der Waals surface area contributed by atoms with E-state index in [4.69, 9.17) is 0 Å². The first-order chi connectivity index (χ1) is 12.2. The van der Waals surface area contributed by atoms with Crippen LogP contribution in [-0.4, -0.2) is 30.1 Å². The molecule has 0 atom stereocenters. The zero-order valence-electron chi connectivity index (χ0n) is 14.7. The van der Waals surface area contributed by atoms with Crippen LogP contribution in [0.5, 0.6) is 0 Å². The Labute approximate surface area is 151 Å². The third-order valence-electron chi connectivity index (χ3n) is 3.56. The van der Waals surface area contributed by atoms with Crippen LogP contribution in [0.2, 0.25) is 0 Å². The zero-order chi connectivity index (χ0) is 18.9. The fourth-order valence-electron chi connectivity index (χ4n) is 2.56. The van der Waals surface area contributed by atoms with Gasteiger partial charge in [-0.15, -0.1) is 0 Å². The Hall–Kier alpha value is -2.71. The van der Waals surface area contributed by atoms with E-state index in [1.165, 1.54) is 12.1 Å². The molecule has 3 N–H and O–H groups in total. The largest absolute Gasteiger partial charge is 0.322 e. The Morgan fingerprint density at radius 3 is 2.58 bits per heavy atom. The summed E-state index contributed by atoms with van der Waals surface area (Å²) in [5.74, 6) is -0.349. The number of carbonyl (C=O) groups is 1. The number of rotatable bonds is 4. The standard InChI is InChI=1S/C18H20N4O3S/c1-18(2,3)22-26(24,25)14-8-5-7-13(10-14)20-17(23)15-9-4-6-12-11-19-21-16(12)15/h4-11,22H,1-3H3,(H,19,21)(H,20,23). The van der Waals surface area contributed by atoms with Gasteiger partial charge in [0.2, 0.25) is 10.0 Å². The fraction of sp³-hybridized carbons (Fsp3) is 0.222. The number of sulfonamides is 1. The van der Waals surface area contributed by atoms with E-state index in [9.17, 15) is 13.2 Å². The van der Waals surface area contributed by atoms with E-state index in [0.717, 1.165) is 5.39 Å². The number of aromatic amines is 1. The SMILES string of the molecule is CC(C)(C)NS(=O)(=O)c1cccc(NC(=O)c2cccc3cn[nH]c23)c1. The van der Waals surface area contributed by atoms with E-state index in [-0.39, 0.29) is 10.8 Å². The minimum Gasteiger partial charge on any atom is -0.322 e. The van der Waals surface area contributed by atoms with Crippen LogP contribution in [0.3, 0.4) is 0 Å². The van der Waals surface area contributed by atoms with Crippen LogP contribution in [0.25, 0.3) is 10.9 Å². The van der Waals surface area contributed by atoms with E-state index in [0.29, 0.717) is 16.8 Å². The van der Waals surface area contributed by atoms with Gasteiger partial charge >= 0.3 is 0 Å². The summed E-state index contributed by atoms with van der Waals surface area (Å²) in [7, 11) is -3.68. The first-order valence-electron chi connectivity index (χ1n) is 8.03. The molecular formula is C18H20N4O3S. The number of nitrogens with one attached hydrogen (secondary N) is 3. The lowest BCUT2D eigenvalue weighted by Crippen LogP contribution is -2.40. The molecule has 0 saturated heterocycles. The summed E-state index contributed by atoms with van der Waals surface area (Å²) >= 11 is 0. The molecule has 3 rings (SSSR count). The molecule has 1 amide bonds. The number of carbonyl (C=O) groups excluding carboxylic acids is 1. The molecule has 7 nitrogen and oxygen atoms in total. The van der Waals surface area contributed by atoms with Crippen molar-refractivity contribution in [1.29, 1.82) is 0 Å². The van der Waals surface area contributed by atoms with Gasteiger partial charge in [0.15, 0.2) is 0 Å². The number of hydrogen-bond donors (Lipinski definition) is 3. The predicted molar refractivity (Wildman–Crippen MR) is 101 cm³/mol. The first-order valence-corrected chi connectivity index (χ1v) is 9.51. The molecule has 3 aromatic rings. The van der Waals surface area contributed by atoms with Gasteiger partial charge in [0.05, 0.1) is 22.2 Å². The van der Waals surface area contributed by atoms with Gasteiger partial charge in [-0.2, -0.15) is 5.10 Å². The van der Waals surface area contributed by atoms with Crippen molar-refractivity contribution >= 4 is 32.5 Å². The molecule has 0 bridgehead atoms. The van der Waals surface area contributed by atoms with Crippen molar-refractivity contribution in [2.45, 2.75) is 31.2 Å². The van der Waals surface area contributed by atoms with Gasteiger partial charge in [-0.25, -0.2) is 13.1 Å². The van der Waals surface area contributed by atoms with E-state index >= 15 is 0 Å². The van der Waals surface area contributed by atoms with Crippen molar-refractivity contribution in [2.75, 3.05) is 5.32 Å². The molecule has 26 heavy (non-hydrogen) atoms. The minimum absolute atomic E-state index is 0.0879. The molecule has 0 saturated carbocycles. The van der Waals surface area contributed by atoms with Crippen LogP contribution in [0.4, 0.5) is 5.69 Å². The maximum Gasteiger partial charge on any atom is 0.257 e. The summed E-state index contributed by atoms with van der Waals surface area (Å²) < 4.78 is 27.5. The molecule has 1 aromatic heterocycles. The van der Waals surface area contributed by atoms with Crippen molar-refractivity contribution in [3.8, 4) is 0 Å². The van der Waals surface area contributed by atoms with Gasteiger partial charge in [0.1, 0.15) is 0 Å². The quantitative estimate of drug-likeness (QED) is 0.655. The number of hydrogen-bond acceptors (Lipinski definition) is 4. The van der Waals surface area contributed by atoms with Gasteiger partial charge in [0.25, 0.3) is 5.91 Å². The molecule has 2 aromatic carbocycles. The van der Waals surface area contributed by atoms with E-state index in [1.807, 2.05) is 6.07 Å². The Kier molecular flexibility index (Phi) is 4.55. The van der Waals surface area contributed by atoms with Crippen molar-refractivity contribution < 1.29 is 13.2 Å². The summed E-state index contributed by atoms with van der Waals surface area (Å²) in [6, 6.07) is 11.4. The lowest BCUT2D eigenvalue weighted by atomic mass is 10.1. The van der Waals surface area contributed by atoms with Gasteiger partial charge in [0, 0.05) is 16.6 Å². The zero-order valence-corrected chi connectivity index (χ0v) is 15.5. The van der Waals surface area contributed by atoms with Crippen molar-refractivity contribution in [1.82, 2.24) is 14.9 Å². The van der Waals surface area contributed by atoms with Crippen molar-refractivity contribution in [3.63, 3.8) is 0 Å². The maximum absolute atomic E-state index is 12.6. The minimum atomic E-state index is -3.68. The summed E-state index contributed by atoms with van der Waals surface area (Å²) in [4.78, 5) is 12.7. The highest BCUT2D eigenvalue weighted by Crippen LogP contribution is 2.20. The summed E-state index contributed by atoms with van der Waals surface area (Å²) in [6.45, 7) is 5.30. The van der Waals surface area contributed by atoms with Crippen LogP contribution in [0.15, 0.2) is 53.6 Å². The molecule has 8 heteroatoms. The highest BCUT2D eigenvalue weighted by molar-refractivity contribution is 7.89. The molecule has 0 radical (unpaired) electrons. The van der Waals surface area contributed by atoms with Crippen LogP contribution in [0, 0.1) is 0 Å². The normalized spacial score (nSPS) is 12.3. The first kappa shape index (κ1) is 18.1. The van der Waals surface area contributed by atoms with Crippen LogP contribution in [-0.2, 0) is 10.0 Å². The van der Waals surface area contributed by atoms with Gasteiger partial charge in [-0.3, -0.25) is 9.89 Å². The Morgan fingerprint density at radius 1 is 1.12 bits per heavy atom. The molecule has 0 aliphatic heterocycles. The fourth-order valence-corrected chi connectivity index (χ4v) is 4.02. The highest BCUT2D eigenvalue weighted by atomic mass is 32.2. The molecule has 0 fully saturated rings. The average molecular weight is 372 g/mol. The number of H-pyrrole nitrogens is 1. The van der Waals surface area contributed by atoms with Gasteiger partial charge < -0.3 is 5.32 Å². The third kappa shape index (κ3) is 3.92. The number of aromatic nitrogens is 2. The topological polar surface area (TPSA) is 104 Å². The van der Waals surface area contributed by atoms with Crippen molar-refractivity contribution in [2.24, 2.45) is 0 Å². The number of nitrogens with zero attached hydrogens (tertiary/aromatic N) is 1. The molecule has 0 spiro atoms. The lowest BCUT2D eigenvalue weighted by Gasteiger charge is -2.20. The smallest absolute Gasteiger partial charge is 0.257 e. The summed E-state index contributed by atoms with van der Waals surface area (Å²) in [5, 5.41) is 10.3. The average Bonchev–Trinajstić information content (AvgIpc) is 3.01. The van der Waals surface area contributed by atoms with Crippen LogP contribution in [0.1, 0.15) is 31.1 Å². The maximum atomic E-state index is 12.6. The van der Waals surface area contributed by atoms with Gasteiger partial charge in [-0.05, 0) is 45.0 Å². The van der Waals surface area contributed by atoms with Crippen LogP contribution < -0.4 is 10.0 Å². The highest BCUT2D eigenvalue weighted by Gasteiger charge is 2.22. The van der Waals surface area contributed by atoms with E-state index < -0.39 is 15.6 Å². The van der Waals surface area contributed by atoms with E-state index in [1.54, 1.807) is 51.2 Å². The molecule has 0 aliphatic rings. The molecule has 0 aliphatic carbocycles. The Balaban J connectivity index is 1.87. The Bertz CT molecular complexity index is 1070. The second kappa shape index (κ2) is 6.54. The van der Waals surface area contributed by atoms with Crippen LogP contribution >= 0.6 is 0 Å².